The van der Waals surface area contributed by atoms with E-state index < -0.39 is 5.97 Å². The molecule has 5 heteroatoms. The predicted molar refractivity (Wildman–Crippen MR) is 58.8 cm³/mol. The molecule has 0 aliphatic carbocycles. The van der Waals surface area contributed by atoms with E-state index in [-0.39, 0.29) is 24.4 Å². The van der Waals surface area contributed by atoms with Crippen LogP contribution in [0.5, 0.6) is 0 Å². The van der Waals surface area contributed by atoms with Gasteiger partial charge in [-0.05, 0) is 6.42 Å². The number of hydrogen-bond donors (Lipinski definition) is 2. The second-order valence-electron chi connectivity index (χ2n) is 3.95. The molecule has 0 saturated carbocycles. The molecular formula is C11H16N2O3. The van der Waals surface area contributed by atoms with Crippen molar-refractivity contribution in [2.24, 2.45) is 5.92 Å². The Morgan fingerprint density at radius 2 is 2.25 bits per heavy atom. The molecule has 88 valence electrons. The van der Waals surface area contributed by atoms with Crippen LogP contribution in [0.3, 0.4) is 0 Å². The van der Waals surface area contributed by atoms with Crippen molar-refractivity contribution in [3.8, 4) is 12.3 Å². The highest BCUT2D eigenvalue weighted by atomic mass is 16.4. The van der Waals surface area contributed by atoms with Gasteiger partial charge in [0.15, 0.2) is 0 Å². The number of carbonyl (C=O) groups excluding carboxylic acids is 1. The first kappa shape index (κ1) is 12.4. The van der Waals surface area contributed by atoms with Gasteiger partial charge in [0, 0.05) is 19.0 Å². The topological polar surface area (TPSA) is 69.6 Å². The fraction of sp³-hybridized carbons (Fsp3) is 0.636. The fourth-order valence-corrected chi connectivity index (χ4v) is 1.61. The van der Waals surface area contributed by atoms with Gasteiger partial charge in [-0.3, -0.25) is 4.79 Å². The zero-order chi connectivity index (χ0) is 12.1. The summed E-state index contributed by atoms with van der Waals surface area (Å²) in [4.78, 5) is 23.5. The molecule has 1 aliphatic rings. The molecular weight excluding hydrogens is 208 g/mol. The van der Waals surface area contributed by atoms with Gasteiger partial charge in [-0.1, -0.05) is 12.8 Å². The monoisotopic (exact) mass is 224 g/mol. The van der Waals surface area contributed by atoms with Gasteiger partial charge in [0.1, 0.15) is 0 Å². The molecule has 0 bridgehead atoms. The third kappa shape index (κ3) is 3.16. The summed E-state index contributed by atoms with van der Waals surface area (Å²) in [6.07, 6.45) is 6.03. The molecule has 0 aromatic carbocycles. The molecule has 2 N–H and O–H groups in total. The van der Waals surface area contributed by atoms with Crippen molar-refractivity contribution < 1.29 is 14.7 Å². The lowest BCUT2D eigenvalue weighted by Crippen LogP contribution is -2.55. The highest BCUT2D eigenvalue weighted by Crippen LogP contribution is 2.18. The number of carboxylic acid groups (broad SMARTS) is 1. The minimum atomic E-state index is -0.819. The Morgan fingerprint density at radius 3 is 2.69 bits per heavy atom. The number of nitrogens with one attached hydrogen (secondary N) is 1. The Balaban J connectivity index is 2.27. The highest BCUT2D eigenvalue weighted by Gasteiger charge is 2.32. The molecule has 0 spiro atoms. The molecule has 0 radical (unpaired) electrons. The number of rotatable bonds is 4. The summed E-state index contributed by atoms with van der Waals surface area (Å²) >= 11 is 0. The van der Waals surface area contributed by atoms with E-state index in [0.717, 1.165) is 0 Å². The Bertz CT molecular complexity index is 316. The maximum absolute atomic E-state index is 11.6. The van der Waals surface area contributed by atoms with Gasteiger partial charge in [0.2, 0.25) is 0 Å². The van der Waals surface area contributed by atoms with Gasteiger partial charge in [-0.25, -0.2) is 4.79 Å². The Kier molecular flexibility index (Phi) is 4.18. The van der Waals surface area contributed by atoms with Gasteiger partial charge in [0.05, 0.1) is 12.5 Å². The summed E-state index contributed by atoms with van der Waals surface area (Å²) in [6.45, 7) is 2.90. The first-order chi connectivity index (χ1) is 7.56. The van der Waals surface area contributed by atoms with Crippen LogP contribution in [0, 0.1) is 18.3 Å². The molecule has 1 heterocycles. The Labute approximate surface area is 94.8 Å². The largest absolute Gasteiger partial charge is 0.481 e. The molecule has 1 atom stereocenters. The average molecular weight is 224 g/mol. The van der Waals surface area contributed by atoms with E-state index in [2.05, 4.69) is 11.2 Å². The summed E-state index contributed by atoms with van der Waals surface area (Å²) in [7, 11) is 0. The Morgan fingerprint density at radius 1 is 1.62 bits per heavy atom. The molecule has 0 aromatic rings. The van der Waals surface area contributed by atoms with Crippen LogP contribution < -0.4 is 5.32 Å². The van der Waals surface area contributed by atoms with E-state index in [9.17, 15) is 9.59 Å². The quantitative estimate of drug-likeness (QED) is 0.684. The number of terminal acetylenes is 1. The lowest BCUT2D eigenvalue weighted by atomic mass is 9.97. The summed E-state index contributed by atoms with van der Waals surface area (Å²) in [5.41, 5.74) is 0. The number of carboxylic acids is 1. The molecule has 1 unspecified atom stereocenters. The number of urea groups is 1. The predicted octanol–water partition coefficient (Wildman–Crippen LogP) is 0.514. The standard InChI is InChI=1S/C11H16N2O3/c1-3-9(4-2)12-11(16)13-6-8(7-13)5-10(14)15/h1,8-9H,4-7H2,2H3,(H,12,16)(H,14,15). The number of likely N-dealkylation sites (tertiary alicyclic amines) is 1. The second kappa shape index (κ2) is 5.40. The van der Waals surface area contributed by atoms with E-state index in [1.54, 1.807) is 4.90 Å². The van der Waals surface area contributed by atoms with E-state index in [1.807, 2.05) is 6.92 Å². The molecule has 1 fully saturated rings. The van der Waals surface area contributed by atoms with E-state index in [0.29, 0.717) is 19.5 Å². The molecule has 5 nitrogen and oxygen atoms in total. The normalized spacial score (nSPS) is 17.1. The zero-order valence-corrected chi connectivity index (χ0v) is 9.27. The van der Waals surface area contributed by atoms with Crippen LogP contribution in [0.2, 0.25) is 0 Å². The van der Waals surface area contributed by atoms with E-state index in [1.165, 1.54) is 0 Å². The smallest absolute Gasteiger partial charge is 0.318 e. The van der Waals surface area contributed by atoms with Crippen molar-refractivity contribution >= 4 is 12.0 Å². The minimum absolute atomic E-state index is 0.0779. The number of hydrogen-bond acceptors (Lipinski definition) is 2. The van der Waals surface area contributed by atoms with Crippen LogP contribution >= 0.6 is 0 Å². The van der Waals surface area contributed by atoms with Gasteiger partial charge >= 0.3 is 12.0 Å². The van der Waals surface area contributed by atoms with Gasteiger partial charge in [-0.15, -0.1) is 6.42 Å². The molecule has 1 aliphatic heterocycles. The van der Waals surface area contributed by atoms with Crippen molar-refractivity contribution in [3.63, 3.8) is 0 Å². The summed E-state index contributed by atoms with van der Waals surface area (Å²) in [5.74, 6) is 1.73. The van der Waals surface area contributed by atoms with E-state index >= 15 is 0 Å². The van der Waals surface area contributed by atoms with Crippen LogP contribution in [0.1, 0.15) is 19.8 Å². The number of amides is 2. The molecule has 1 saturated heterocycles. The van der Waals surface area contributed by atoms with Crippen molar-refractivity contribution in [2.45, 2.75) is 25.8 Å². The first-order valence-corrected chi connectivity index (χ1v) is 5.30. The lowest BCUT2D eigenvalue weighted by Gasteiger charge is -2.38. The number of carbonyl (C=O) groups is 2. The first-order valence-electron chi connectivity index (χ1n) is 5.30. The highest BCUT2D eigenvalue weighted by molar-refractivity contribution is 5.76. The molecule has 2 amide bonds. The van der Waals surface area contributed by atoms with Crippen molar-refractivity contribution in [2.75, 3.05) is 13.1 Å². The van der Waals surface area contributed by atoms with Crippen LogP contribution in [-0.2, 0) is 4.79 Å². The third-order valence-corrected chi connectivity index (χ3v) is 2.61. The summed E-state index contributed by atoms with van der Waals surface area (Å²) in [6, 6.07) is -0.447. The average Bonchev–Trinajstić information content (AvgIpc) is 2.18. The molecule has 16 heavy (non-hydrogen) atoms. The molecule has 0 aromatic heterocycles. The van der Waals surface area contributed by atoms with Crippen molar-refractivity contribution in [3.05, 3.63) is 0 Å². The SMILES string of the molecule is C#CC(CC)NC(=O)N1CC(CC(=O)O)C1. The molecule has 1 rings (SSSR count). The van der Waals surface area contributed by atoms with Crippen molar-refractivity contribution in [1.29, 1.82) is 0 Å². The van der Waals surface area contributed by atoms with E-state index in [4.69, 9.17) is 11.5 Å². The third-order valence-electron chi connectivity index (χ3n) is 2.61. The fourth-order valence-electron chi connectivity index (χ4n) is 1.61. The summed E-state index contributed by atoms with van der Waals surface area (Å²) < 4.78 is 0. The lowest BCUT2D eigenvalue weighted by molar-refractivity contribution is -0.139. The maximum atomic E-state index is 11.6. The Hall–Kier alpha value is -1.70. The van der Waals surface area contributed by atoms with Gasteiger partial charge < -0.3 is 15.3 Å². The van der Waals surface area contributed by atoms with Crippen molar-refractivity contribution in [1.82, 2.24) is 10.2 Å². The van der Waals surface area contributed by atoms with Gasteiger partial charge in [0.25, 0.3) is 0 Å². The van der Waals surface area contributed by atoms with Crippen LogP contribution in [-0.4, -0.2) is 41.1 Å². The second-order valence-corrected chi connectivity index (χ2v) is 3.95. The zero-order valence-electron chi connectivity index (χ0n) is 9.27. The van der Waals surface area contributed by atoms with Crippen LogP contribution in [0.15, 0.2) is 0 Å². The number of aliphatic carboxylic acids is 1. The van der Waals surface area contributed by atoms with Crippen LogP contribution in [0.25, 0.3) is 0 Å². The summed E-state index contributed by atoms with van der Waals surface area (Å²) in [5, 5.41) is 11.2. The minimum Gasteiger partial charge on any atom is -0.481 e. The maximum Gasteiger partial charge on any atom is 0.318 e. The number of nitrogens with zero attached hydrogens (tertiary/aromatic N) is 1. The van der Waals surface area contributed by atoms with Gasteiger partial charge in [-0.2, -0.15) is 0 Å². The van der Waals surface area contributed by atoms with Crippen LogP contribution in [0.4, 0.5) is 4.79 Å².